The molecule has 122 valence electrons. The molecular weight excluding hydrogens is 364 g/mol. The molecule has 1 aromatic heterocycles. The van der Waals surface area contributed by atoms with E-state index >= 15 is 0 Å². The van der Waals surface area contributed by atoms with Crippen LogP contribution in [0, 0.1) is 0 Å². The number of nitrogens with one attached hydrogen (secondary N) is 1. The number of aromatic nitrogens is 3. The summed E-state index contributed by atoms with van der Waals surface area (Å²) in [6, 6.07) is 7.80. The van der Waals surface area contributed by atoms with E-state index in [1.807, 2.05) is 31.2 Å². The molecule has 0 saturated heterocycles. The van der Waals surface area contributed by atoms with Crippen LogP contribution in [-0.2, 0) is 17.8 Å². The maximum atomic E-state index is 12.1. The highest BCUT2D eigenvalue weighted by molar-refractivity contribution is 9.10. The fourth-order valence-corrected chi connectivity index (χ4v) is 2.61. The van der Waals surface area contributed by atoms with Gasteiger partial charge in [0.25, 0.3) is 5.91 Å². The number of amides is 1. The molecule has 0 aliphatic heterocycles. The van der Waals surface area contributed by atoms with Crippen molar-refractivity contribution in [2.75, 3.05) is 6.54 Å². The largest absolute Gasteiger partial charge is 0.480 e. The molecule has 0 radical (unpaired) electrons. The summed E-state index contributed by atoms with van der Waals surface area (Å²) in [7, 11) is 0. The molecular formula is C15H17BrN4O3. The second-order valence-electron chi connectivity index (χ2n) is 5.00. The van der Waals surface area contributed by atoms with Crippen molar-refractivity contribution in [2.24, 2.45) is 0 Å². The van der Waals surface area contributed by atoms with Crippen molar-refractivity contribution in [3.8, 4) is 0 Å². The summed E-state index contributed by atoms with van der Waals surface area (Å²) in [5, 5.41) is 18.9. The van der Waals surface area contributed by atoms with Crippen LogP contribution in [0.3, 0.4) is 0 Å². The quantitative estimate of drug-likeness (QED) is 0.763. The Morgan fingerprint density at radius 1 is 1.39 bits per heavy atom. The smallest absolute Gasteiger partial charge is 0.322 e. The van der Waals surface area contributed by atoms with Crippen LogP contribution in [0.2, 0.25) is 0 Å². The molecule has 0 unspecified atom stereocenters. The topological polar surface area (TPSA) is 97.1 Å². The molecule has 0 saturated carbocycles. The van der Waals surface area contributed by atoms with Gasteiger partial charge in [-0.15, -0.1) is 5.10 Å². The molecule has 2 aromatic rings. The highest BCUT2D eigenvalue weighted by Crippen LogP contribution is 2.15. The highest BCUT2D eigenvalue weighted by atomic mass is 79.9. The van der Waals surface area contributed by atoms with Gasteiger partial charge in [-0.25, -0.2) is 4.68 Å². The molecule has 1 aromatic carbocycles. The van der Waals surface area contributed by atoms with Crippen molar-refractivity contribution < 1.29 is 14.7 Å². The lowest BCUT2D eigenvalue weighted by Crippen LogP contribution is -2.30. The Morgan fingerprint density at radius 2 is 2.17 bits per heavy atom. The van der Waals surface area contributed by atoms with Crippen molar-refractivity contribution in [1.82, 2.24) is 20.3 Å². The zero-order valence-corrected chi connectivity index (χ0v) is 14.2. The Bertz CT molecular complexity index is 714. The summed E-state index contributed by atoms with van der Waals surface area (Å²) >= 11 is 3.42. The third kappa shape index (κ3) is 4.62. The van der Waals surface area contributed by atoms with Crippen LogP contribution in [0.4, 0.5) is 0 Å². The maximum absolute atomic E-state index is 12.1. The lowest BCUT2D eigenvalue weighted by atomic mass is 10.1. The average Bonchev–Trinajstić information content (AvgIpc) is 2.88. The lowest BCUT2D eigenvalue weighted by molar-refractivity contribution is -0.135. The number of carbonyl (C=O) groups is 2. The first-order valence-corrected chi connectivity index (χ1v) is 7.97. The van der Waals surface area contributed by atoms with E-state index in [0.717, 1.165) is 16.5 Å². The van der Waals surface area contributed by atoms with E-state index in [2.05, 4.69) is 31.6 Å². The van der Waals surface area contributed by atoms with Crippen LogP contribution >= 0.6 is 15.9 Å². The number of hydrogen-bond donors (Lipinski definition) is 2. The van der Waals surface area contributed by atoms with E-state index in [9.17, 15) is 9.59 Å². The van der Waals surface area contributed by atoms with Crippen LogP contribution in [0.25, 0.3) is 0 Å². The summed E-state index contributed by atoms with van der Waals surface area (Å²) in [5.74, 6) is -1.62. The zero-order chi connectivity index (χ0) is 16.8. The maximum Gasteiger partial charge on any atom is 0.322 e. The summed E-state index contributed by atoms with van der Waals surface area (Å²) in [6.45, 7) is 2.05. The highest BCUT2D eigenvalue weighted by Gasteiger charge is 2.19. The van der Waals surface area contributed by atoms with Gasteiger partial charge in [0.05, 0.1) is 12.2 Å². The van der Waals surface area contributed by atoms with E-state index in [1.165, 1.54) is 0 Å². The first-order chi connectivity index (χ1) is 11.0. The predicted octanol–water partition coefficient (Wildman–Crippen LogP) is 1.86. The monoisotopic (exact) mass is 380 g/mol. The summed E-state index contributed by atoms with van der Waals surface area (Å²) in [4.78, 5) is 22.6. The van der Waals surface area contributed by atoms with Gasteiger partial charge in [0.2, 0.25) is 0 Å². The molecule has 2 N–H and O–H groups in total. The Hall–Kier alpha value is -2.22. The minimum Gasteiger partial charge on any atom is -0.480 e. The van der Waals surface area contributed by atoms with E-state index in [4.69, 9.17) is 5.11 Å². The predicted molar refractivity (Wildman–Crippen MR) is 87.2 cm³/mol. The Morgan fingerprint density at radius 3 is 2.83 bits per heavy atom. The third-order valence-corrected chi connectivity index (χ3v) is 3.65. The van der Waals surface area contributed by atoms with Gasteiger partial charge < -0.3 is 10.4 Å². The van der Waals surface area contributed by atoms with Crippen molar-refractivity contribution in [3.05, 3.63) is 45.7 Å². The molecule has 0 aliphatic carbocycles. The third-order valence-electron chi connectivity index (χ3n) is 3.16. The number of rotatable bonds is 7. The zero-order valence-electron chi connectivity index (χ0n) is 12.6. The second-order valence-corrected chi connectivity index (χ2v) is 5.91. The number of aliphatic carboxylic acids is 1. The van der Waals surface area contributed by atoms with Crippen molar-refractivity contribution in [1.29, 1.82) is 0 Å². The van der Waals surface area contributed by atoms with Gasteiger partial charge in [-0.3, -0.25) is 9.59 Å². The molecule has 1 amide bonds. The Labute approximate surface area is 141 Å². The van der Waals surface area contributed by atoms with Crippen molar-refractivity contribution in [3.63, 3.8) is 0 Å². The molecule has 0 atom stereocenters. The summed E-state index contributed by atoms with van der Waals surface area (Å²) in [6.07, 6.45) is 1.46. The van der Waals surface area contributed by atoms with Gasteiger partial charge in [-0.05, 0) is 24.1 Å². The fraction of sp³-hybridized carbons (Fsp3) is 0.333. The van der Waals surface area contributed by atoms with E-state index in [1.54, 1.807) is 4.68 Å². The van der Waals surface area contributed by atoms with Gasteiger partial charge >= 0.3 is 5.97 Å². The number of benzene rings is 1. The van der Waals surface area contributed by atoms with E-state index < -0.39 is 18.4 Å². The number of carboxylic acid groups (broad SMARTS) is 1. The molecule has 1 heterocycles. The van der Waals surface area contributed by atoms with Crippen LogP contribution in [-0.4, -0.2) is 38.5 Å². The van der Waals surface area contributed by atoms with Crippen molar-refractivity contribution in [2.45, 2.75) is 26.3 Å². The molecule has 2 rings (SSSR count). The standard InChI is InChI=1S/C15H17BrN4O3/c1-2-4-12-14(15(23)17-8-13(21)22)18-19-20(12)9-10-5-3-6-11(16)7-10/h3,5-7H,2,4,8-9H2,1H3,(H,17,23)(H,21,22). The number of carbonyl (C=O) groups excluding carboxylic acids is 1. The molecule has 23 heavy (non-hydrogen) atoms. The Balaban J connectivity index is 2.23. The minimum atomic E-state index is -1.10. The van der Waals surface area contributed by atoms with Crippen LogP contribution in [0.5, 0.6) is 0 Å². The lowest BCUT2D eigenvalue weighted by Gasteiger charge is -2.08. The normalized spacial score (nSPS) is 10.5. The van der Waals surface area contributed by atoms with Crippen LogP contribution in [0.15, 0.2) is 28.7 Å². The fourth-order valence-electron chi connectivity index (χ4n) is 2.17. The van der Waals surface area contributed by atoms with Crippen LogP contribution < -0.4 is 5.32 Å². The molecule has 7 nitrogen and oxygen atoms in total. The number of halogens is 1. The molecule has 0 aliphatic rings. The molecule has 0 spiro atoms. The van der Waals surface area contributed by atoms with Gasteiger partial charge in [0, 0.05) is 4.47 Å². The molecule has 0 bridgehead atoms. The van der Waals surface area contributed by atoms with Crippen LogP contribution in [0.1, 0.15) is 35.1 Å². The molecule has 0 fully saturated rings. The summed E-state index contributed by atoms with van der Waals surface area (Å²) in [5.41, 5.74) is 1.91. The van der Waals surface area contributed by atoms with Crippen molar-refractivity contribution >= 4 is 27.8 Å². The second kappa shape index (κ2) is 7.87. The number of hydrogen-bond acceptors (Lipinski definition) is 4. The SMILES string of the molecule is CCCc1c(C(=O)NCC(=O)O)nnn1Cc1cccc(Br)c1. The first-order valence-electron chi connectivity index (χ1n) is 7.18. The average molecular weight is 381 g/mol. The Kier molecular flexibility index (Phi) is 5.86. The summed E-state index contributed by atoms with van der Waals surface area (Å²) < 4.78 is 2.65. The first kappa shape index (κ1) is 17.1. The number of carboxylic acids is 1. The molecule has 8 heteroatoms. The number of nitrogens with zero attached hydrogens (tertiary/aromatic N) is 3. The minimum absolute atomic E-state index is 0.183. The van der Waals surface area contributed by atoms with E-state index in [-0.39, 0.29) is 5.69 Å². The van der Waals surface area contributed by atoms with Gasteiger partial charge in [-0.1, -0.05) is 46.6 Å². The van der Waals surface area contributed by atoms with Gasteiger partial charge in [0.15, 0.2) is 5.69 Å². The van der Waals surface area contributed by atoms with Gasteiger partial charge in [0.1, 0.15) is 6.54 Å². The van der Waals surface area contributed by atoms with E-state index in [0.29, 0.717) is 18.7 Å². The van der Waals surface area contributed by atoms with Gasteiger partial charge in [-0.2, -0.15) is 0 Å².